The quantitative estimate of drug-likeness (QED) is 0.776. The fourth-order valence-corrected chi connectivity index (χ4v) is 2.51. The first-order valence-electron chi connectivity index (χ1n) is 7.78. The van der Waals surface area contributed by atoms with Crippen LogP contribution in [0.4, 0.5) is 5.82 Å². The van der Waals surface area contributed by atoms with E-state index in [-0.39, 0.29) is 17.3 Å². The number of ether oxygens (including phenoxy) is 1. The van der Waals surface area contributed by atoms with Crippen LogP contribution in [-0.4, -0.2) is 32.8 Å². The highest BCUT2D eigenvalue weighted by Crippen LogP contribution is 2.22. The fourth-order valence-electron chi connectivity index (χ4n) is 2.51. The van der Waals surface area contributed by atoms with Crippen LogP contribution in [0.25, 0.3) is 5.95 Å². The lowest BCUT2D eigenvalue weighted by Crippen LogP contribution is -2.18. The van der Waals surface area contributed by atoms with Crippen molar-refractivity contribution in [3.8, 4) is 17.8 Å². The summed E-state index contributed by atoms with van der Waals surface area (Å²) in [7, 11) is 1.49. The molecule has 0 unspecified atom stereocenters. The molecule has 2 heterocycles. The molecule has 8 heteroatoms. The van der Waals surface area contributed by atoms with Crippen LogP contribution in [-0.2, 0) is 0 Å². The number of anilines is 1. The first-order valence-corrected chi connectivity index (χ1v) is 7.78. The van der Waals surface area contributed by atoms with Crippen LogP contribution in [0.2, 0.25) is 0 Å². The summed E-state index contributed by atoms with van der Waals surface area (Å²) in [5.74, 6) is 0.482. The summed E-state index contributed by atoms with van der Waals surface area (Å²) >= 11 is 0. The number of aryl methyl sites for hydroxylation is 2. The summed E-state index contributed by atoms with van der Waals surface area (Å²) in [5, 5.41) is 16.2. The van der Waals surface area contributed by atoms with E-state index in [0.29, 0.717) is 11.3 Å². The van der Waals surface area contributed by atoms with E-state index < -0.39 is 5.91 Å². The van der Waals surface area contributed by atoms with E-state index in [0.717, 1.165) is 11.4 Å². The van der Waals surface area contributed by atoms with Crippen LogP contribution in [0.1, 0.15) is 27.3 Å². The predicted molar refractivity (Wildman–Crippen MR) is 94.3 cm³/mol. The Morgan fingerprint density at radius 1 is 1.23 bits per heavy atom. The molecule has 0 radical (unpaired) electrons. The zero-order chi connectivity index (χ0) is 18.7. The molecule has 0 aliphatic heterocycles. The van der Waals surface area contributed by atoms with Crippen molar-refractivity contribution in [2.24, 2.45) is 0 Å². The largest absolute Gasteiger partial charge is 0.496 e. The van der Waals surface area contributed by atoms with E-state index in [9.17, 15) is 10.1 Å². The van der Waals surface area contributed by atoms with Crippen molar-refractivity contribution in [2.45, 2.75) is 13.8 Å². The molecule has 0 aliphatic carbocycles. The Hall–Kier alpha value is -3.73. The fraction of sp³-hybridized carbons (Fsp3) is 0.167. The van der Waals surface area contributed by atoms with Crippen molar-refractivity contribution in [1.82, 2.24) is 19.7 Å². The second-order valence-electron chi connectivity index (χ2n) is 5.54. The number of nitriles is 1. The Morgan fingerprint density at radius 3 is 2.58 bits per heavy atom. The van der Waals surface area contributed by atoms with Gasteiger partial charge >= 0.3 is 0 Å². The minimum absolute atomic E-state index is 0.202. The number of amides is 1. The third kappa shape index (κ3) is 3.23. The van der Waals surface area contributed by atoms with E-state index in [2.05, 4.69) is 20.4 Å². The van der Waals surface area contributed by atoms with Crippen molar-refractivity contribution in [1.29, 1.82) is 5.26 Å². The van der Waals surface area contributed by atoms with Crippen molar-refractivity contribution >= 4 is 11.7 Å². The number of rotatable bonds is 4. The van der Waals surface area contributed by atoms with Crippen LogP contribution >= 0.6 is 0 Å². The first-order chi connectivity index (χ1) is 12.5. The average molecular weight is 348 g/mol. The smallest absolute Gasteiger partial charge is 0.260 e. The zero-order valence-electron chi connectivity index (χ0n) is 14.5. The molecule has 3 rings (SSSR count). The van der Waals surface area contributed by atoms with E-state index >= 15 is 0 Å². The Morgan fingerprint density at radius 2 is 1.92 bits per heavy atom. The molecule has 0 atom stereocenters. The summed E-state index contributed by atoms with van der Waals surface area (Å²) in [5.41, 5.74) is 2.05. The summed E-state index contributed by atoms with van der Waals surface area (Å²) in [6.45, 7) is 3.67. The molecule has 0 saturated heterocycles. The third-order valence-corrected chi connectivity index (χ3v) is 3.63. The highest BCUT2D eigenvalue weighted by molar-refractivity contribution is 6.06. The maximum atomic E-state index is 12.7. The van der Waals surface area contributed by atoms with Crippen LogP contribution in [0.3, 0.4) is 0 Å². The Bertz CT molecular complexity index is 999. The standard InChI is InChI=1S/C18H16N6O2/c1-11-8-12(2)22-18(21-11)24-16(13(9-19)10-20-24)23-17(25)14-6-4-5-7-15(14)26-3/h4-8,10H,1-3H3,(H,23,25). The molecule has 0 bridgehead atoms. The number of aromatic nitrogens is 4. The lowest BCUT2D eigenvalue weighted by Gasteiger charge is -2.11. The minimum atomic E-state index is -0.426. The number of hydrogen-bond acceptors (Lipinski definition) is 6. The average Bonchev–Trinajstić information content (AvgIpc) is 3.03. The number of para-hydroxylation sites is 1. The molecule has 3 aromatic rings. The molecule has 1 amide bonds. The molecule has 1 N–H and O–H groups in total. The van der Waals surface area contributed by atoms with Crippen LogP contribution in [0, 0.1) is 25.2 Å². The van der Waals surface area contributed by atoms with Crippen LogP contribution in [0.15, 0.2) is 36.5 Å². The lowest BCUT2D eigenvalue weighted by atomic mass is 10.2. The van der Waals surface area contributed by atoms with E-state index in [1.807, 2.05) is 26.0 Å². The maximum absolute atomic E-state index is 12.7. The second-order valence-corrected chi connectivity index (χ2v) is 5.54. The van der Waals surface area contributed by atoms with Crippen molar-refractivity contribution in [2.75, 3.05) is 12.4 Å². The van der Waals surface area contributed by atoms with Gasteiger partial charge in [0.15, 0.2) is 5.82 Å². The second kappa shape index (κ2) is 7.03. The SMILES string of the molecule is COc1ccccc1C(=O)Nc1c(C#N)cnn1-c1nc(C)cc(C)n1. The number of carbonyl (C=O) groups excluding carboxylic acids is 1. The Labute approximate surface area is 150 Å². The maximum Gasteiger partial charge on any atom is 0.260 e. The summed E-state index contributed by atoms with van der Waals surface area (Å²) in [6, 6.07) is 10.7. The number of nitrogens with one attached hydrogen (secondary N) is 1. The third-order valence-electron chi connectivity index (χ3n) is 3.63. The molecular weight excluding hydrogens is 332 g/mol. The first kappa shape index (κ1) is 17.1. The number of nitrogens with zero attached hydrogens (tertiary/aromatic N) is 5. The Kier molecular flexibility index (Phi) is 4.62. The van der Waals surface area contributed by atoms with Crippen molar-refractivity contribution in [3.63, 3.8) is 0 Å². The highest BCUT2D eigenvalue weighted by atomic mass is 16.5. The monoisotopic (exact) mass is 348 g/mol. The minimum Gasteiger partial charge on any atom is -0.496 e. The van der Waals surface area contributed by atoms with Gasteiger partial charge in [-0.15, -0.1) is 0 Å². The topological polar surface area (TPSA) is 106 Å². The van der Waals surface area contributed by atoms with Crippen molar-refractivity contribution in [3.05, 3.63) is 59.0 Å². The van der Waals surface area contributed by atoms with Gasteiger partial charge in [-0.1, -0.05) is 12.1 Å². The molecule has 0 aliphatic rings. The highest BCUT2D eigenvalue weighted by Gasteiger charge is 2.19. The van der Waals surface area contributed by atoms with Crippen LogP contribution < -0.4 is 10.1 Å². The molecular formula is C18H16N6O2. The van der Waals surface area contributed by atoms with Gasteiger partial charge in [0.05, 0.1) is 18.9 Å². The van der Waals surface area contributed by atoms with Gasteiger partial charge in [0.25, 0.3) is 11.9 Å². The molecule has 0 saturated carbocycles. The number of methoxy groups -OCH3 is 1. The molecule has 130 valence electrons. The zero-order valence-corrected chi connectivity index (χ0v) is 14.5. The molecule has 8 nitrogen and oxygen atoms in total. The van der Waals surface area contributed by atoms with Gasteiger partial charge in [0.1, 0.15) is 17.4 Å². The van der Waals surface area contributed by atoms with Gasteiger partial charge < -0.3 is 10.1 Å². The normalized spacial score (nSPS) is 10.2. The van der Waals surface area contributed by atoms with Gasteiger partial charge in [0.2, 0.25) is 0 Å². The van der Waals surface area contributed by atoms with Gasteiger partial charge in [0, 0.05) is 11.4 Å². The van der Waals surface area contributed by atoms with E-state index in [4.69, 9.17) is 4.74 Å². The summed E-state index contributed by atoms with van der Waals surface area (Å²) in [6.07, 6.45) is 1.36. The van der Waals surface area contributed by atoms with Gasteiger partial charge in [-0.05, 0) is 32.0 Å². The Balaban J connectivity index is 2.04. The van der Waals surface area contributed by atoms with E-state index in [1.54, 1.807) is 24.3 Å². The van der Waals surface area contributed by atoms with Gasteiger partial charge in [-0.2, -0.15) is 15.0 Å². The summed E-state index contributed by atoms with van der Waals surface area (Å²) < 4.78 is 6.55. The molecule has 0 spiro atoms. The molecule has 1 aromatic carbocycles. The lowest BCUT2D eigenvalue weighted by molar-refractivity contribution is 0.102. The van der Waals surface area contributed by atoms with Crippen LogP contribution in [0.5, 0.6) is 5.75 Å². The predicted octanol–water partition coefficient (Wildman–Crippen LogP) is 2.41. The molecule has 2 aromatic heterocycles. The number of hydrogen-bond donors (Lipinski definition) is 1. The van der Waals surface area contributed by atoms with Gasteiger partial charge in [-0.3, -0.25) is 4.79 Å². The van der Waals surface area contributed by atoms with Gasteiger partial charge in [-0.25, -0.2) is 9.97 Å². The molecule has 0 fully saturated rings. The van der Waals surface area contributed by atoms with Crippen molar-refractivity contribution < 1.29 is 9.53 Å². The van der Waals surface area contributed by atoms with E-state index in [1.165, 1.54) is 18.0 Å². The summed E-state index contributed by atoms with van der Waals surface area (Å²) in [4.78, 5) is 21.4. The molecule has 26 heavy (non-hydrogen) atoms. The number of carbonyl (C=O) groups is 1. The number of benzene rings is 1.